The number of pyridine rings is 1. The van der Waals surface area contributed by atoms with Gasteiger partial charge in [0.2, 0.25) is 0 Å². The minimum Gasteiger partial charge on any atom is -0.316 e. The van der Waals surface area contributed by atoms with Crippen molar-refractivity contribution in [3.63, 3.8) is 0 Å². The number of hydrogen-bond acceptors (Lipinski definition) is 2. The molecule has 104 valence electrons. The van der Waals surface area contributed by atoms with E-state index in [4.69, 9.17) is 4.98 Å². The molecule has 0 unspecified atom stereocenters. The normalized spacial score (nSPS) is 22.7. The fourth-order valence-electron chi connectivity index (χ4n) is 3.73. The van der Waals surface area contributed by atoms with Crippen molar-refractivity contribution < 1.29 is 0 Å². The summed E-state index contributed by atoms with van der Waals surface area (Å²) in [6, 6.07) is 4.54. The van der Waals surface area contributed by atoms with Crippen LogP contribution < -0.4 is 5.32 Å². The molecule has 0 aromatic carbocycles. The van der Waals surface area contributed by atoms with Gasteiger partial charge < -0.3 is 5.32 Å². The Morgan fingerprint density at radius 1 is 1.21 bits per heavy atom. The van der Waals surface area contributed by atoms with Crippen LogP contribution >= 0.6 is 0 Å². The highest BCUT2D eigenvalue weighted by Gasteiger charge is 2.40. The molecular weight excluding hydrogens is 232 g/mol. The van der Waals surface area contributed by atoms with E-state index in [9.17, 15) is 0 Å². The van der Waals surface area contributed by atoms with E-state index < -0.39 is 0 Å². The minimum absolute atomic E-state index is 0.533. The van der Waals surface area contributed by atoms with Crippen LogP contribution in [0.2, 0.25) is 0 Å². The highest BCUT2D eigenvalue weighted by Crippen LogP contribution is 2.44. The molecule has 2 heteroatoms. The molecular formula is C17H26N2. The van der Waals surface area contributed by atoms with E-state index in [-0.39, 0.29) is 0 Å². The van der Waals surface area contributed by atoms with Gasteiger partial charge in [-0.1, -0.05) is 19.9 Å². The van der Waals surface area contributed by atoms with E-state index in [1.807, 2.05) is 0 Å². The Morgan fingerprint density at radius 2 is 1.89 bits per heavy atom. The molecule has 2 heterocycles. The fraction of sp³-hybridized carbons (Fsp3) is 0.706. The van der Waals surface area contributed by atoms with Crippen molar-refractivity contribution in [3.05, 3.63) is 29.1 Å². The maximum atomic E-state index is 4.97. The molecule has 1 aliphatic heterocycles. The van der Waals surface area contributed by atoms with Crippen molar-refractivity contribution in [1.29, 1.82) is 0 Å². The second-order valence-electron chi connectivity index (χ2n) is 6.97. The van der Waals surface area contributed by atoms with Gasteiger partial charge in [-0.15, -0.1) is 0 Å². The molecule has 3 rings (SSSR count). The van der Waals surface area contributed by atoms with Crippen LogP contribution in [0, 0.1) is 12.3 Å². The second-order valence-corrected chi connectivity index (χ2v) is 6.97. The van der Waals surface area contributed by atoms with Crippen LogP contribution in [-0.2, 0) is 0 Å². The number of aromatic nitrogens is 1. The molecule has 2 aliphatic rings. The molecule has 0 radical (unpaired) electrons. The van der Waals surface area contributed by atoms with Gasteiger partial charge in [0.15, 0.2) is 0 Å². The quantitative estimate of drug-likeness (QED) is 0.873. The maximum Gasteiger partial charge on any atom is 0.0461 e. The Hall–Kier alpha value is -0.890. The van der Waals surface area contributed by atoms with Crippen LogP contribution in [-0.4, -0.2) is 18.1 Å². The Kier molecular flexibility index (Phi) is 3.38. The van der Waals surface area contributed by atoms with Crippen molar-refractivity contribution in [3.8, 4) is 0 Å². The summed E-state index contributed by atoms with van der Waals surface area (Å²) in [5, 5.41) is 3.44. The number of hydrogen-bond donors (Lipinski definition) is 1. The van der Waals surface area contributed by atoms with E-state index in [1.54, 1.807) is 0 Å². The summed E-state index contributed by atoms with van der Waals surface area (Å²) in [6.07, 6.45) is 5.43. The average Bonchev–Trinajstić information content (AvgIpc) is 2.37. The van der Waals surface area contributed by atoms with Gasteiger partial charge in [0.1, 0.15) is 0 Å². The zero-order chi connectivity index (χ0) is 13.5. The first-order chi connectivity index (χ1) is 9.10. The van der Waals surface area contributed by atoms with Gasteiger partial charge in [-0.2, -0.15) is 0 Å². The SMILES string of the molecule is Cc1ccc(C2CCC3(CC2)CNC3)nc1C(C)C. The highest BCUT2D eigenvalue weighted by atomic mass is 15.0. The third kappa shape index (κ3) is 2.43. The standard InChI is InChI=1S/C17H26N2/c1-12(2)16-13(3)4-5-15(19-16)14-6-8-17(9-7-14)10-18-11-17/h4-5,12,14,18H,6-11H2,1-3H3. The van der Waals surface area contributed by atoms with Crippen LogP contribution in [0.25, 0.3) is 0 Å². The minimum atomic E-state index is 0.533. The predicted octanol–water partition coefficient (Wildman–Crippen LogP) is 3.76. The Bertz CT molecular complexity index is 450. The summed E-state index contributed by atoms with van der Waals surface area (Å²) < 4.78 is 0. The zero-order valence-electron chi connectivity index (χ0n) is 12.5. The molecule has 1 aromatic rings. The fourth-order valence-corrected chi connectivity index (χ4v) is 3.73. The molecule has 2 fully saturated rings. The molecule has 1 aliphatic carbocycles. The van der Waals surface area contributed by atoms with Crippen LogP contribution in [0.3, 0.4) is 0 Å². The van der Waals surface area contributed by atoms with Crippen molar-refractivity contribution >= 4 is 0 Å². The first-order valence-corrected chi connectivity index (χ1v) is 7.78. The molecule has 1 aromatic heterocycles. The topological polar surface area (TPSA) is 24.9 Å². The molecule has 2 nitrogen and oxygen atoms in total. The van der Waals surface area contributed by atoms with Crippen LogP contribution in [0.1, 0.15) is 68.3 Å². The van der Waals surface area contributed by atoms with Crippen molar-refractivity contribution in [2.45, 2.75) is 58.3 Å². The highest BCUT2D eigenvalue weighted by molar-refractivity contribution is 5.26. The van der Waals surface area contributed by atoms with Crippen molar-refractivity contribution in [1.82, 2.24) is 10.3 Å². The summed E-state index contributed by atoms with van der Waals surface area (Å²) >= 11 is 0. The Labute approximate surface area is 117 Å². The molecule has 0 amide bonds. The predicted molar refractivity (Wildman–Crippen MR) is 79.6 cm³/mol. The van der Waals surface area contributed by atoms with Crippen LogP contribution in [0.15, 0.2) is 12.1 Å². The molecule has 0 atom stereocenters. The van der Waals surface area contributed by atoms with E-state index >= 15 is 0 Å². The number of nitrogens with one attached hydrogen (secondary N) is 1. The number of aryl methyl sites for hydroxylation is 1. The first-order valence-electron chi connectivity index (χ1n) is 7.78. The summed E-state index contributed by atoms with van der Waals surface area (Å²) in [4.78, 5) is 4.97. The summed E-state index contributed by atoms with van der Waals surface area (Å²) in [5.74, 6) is 1.23. The first kappa shape index (κ1) is 13.1. The Balaban J connectivity index is 1.74. The number of rotatable bonds is 2. The lowest BCUT2D eigenvalue weighted by atomic mass is 9.66. The molecule has 1 saturated heterocycles. The average molecular weight is 258 g/mol. The monoisotopic (exact) mass is 258 g/mol. The van der Waals surface area contributed by atoms with Gasteiger partial charge in [-0.3, -0.25) is 4.98 Å². The maximum absolute atomic E-state index is 4.97. The molecule has 1 spiro atoms. The lowest BCUT2D eigenvalue weighted by molar-refractivity contribution is 0.0968. The van der Waals surface area contributed by atoms with E-state index in [2.05, 4.69) is 38.2 Å². The van der Waals surface area contributed by atoms with E-state index in [1.165, 1.54) is 55.7 Å². The third-order valence-corrected chi connectivity index (χ3v) is 5.17. The lowest BCUT2D eigenvalue weighted by Gasteiger charge is -2.47. The van der Waals surface area contributed by atoms with E-state index in [0.717, 1.165) is 0 Å². The summed E-state index contributed by atoms with van der Waals surface area (Å²) in [7, 11) is 0. The number of nitrogens with zero attached hydrogens (tertiary/aromatic N) is 1. The van der Waals surface area contributed by atoms with Gasteiger partial charge in [0.05, 0.1) is 0 Å². The van der Waals surface area contributed by atoms with Gasteiger partial charge in [-0.05, 0) is 55.6 Å². The van der Waals surface area contributed by atoms with Gasteiger partial charge in [0.25, 0.3) is 0 Å². The van der Waals surface area contributed by atoms with Crippen LogP contribution in [0.5, 0.6) is 0 Å². The summed E-state index contributed by atoms with van der Waals surface area (Å²) in [5.41, 5.74) is 4.64. The molecule has 19 heavy (non-hydrogen) atoms. The van der Waals surface area contributed by atoms with Crippen LogP contribution in [0.4, 0.5) is 0 Å². The van der Waals surface area contributed by atoms with Crippen molar-refractivity contribution in [2.24, 2.45) is 5.41 Å². The lowest BCUT2D eigenvalue weighted by Crippen LogP contribution is -2.54. The van der Waals surface area contributed by atoms with E-state index in [0.29, 0.717) is 17.3 Å². The van der Waals surface area contributed by atoms with Gasteiger partial charge in [0, 0.05) is 30.4 Å². The molecule has 1 saturated carbocycles. The smallest absolute Gasteiger partial charge is 0.0461 e. The Morgan fingerprint density at radius 3 is 2.42 bits per heavy atom. The third-order valence-electron chi connectivity index (χ3n) is 5.17. The van der Waals surface area contributed by atoms with Crippen molar-refractivity contribution in [2.75, 3.05) is 13.1 Å². The molecule has 1 N–H and O–H groups in total. The van der Waals surface area contributed by atoms with Gasteiger partial charge >= 0.3 is 0 Å². The largest absolute Gasteiger partial charge is 0.316 e. The summed E-state index contributed by atoms with van der Waals surface area (Å²) in [6.45, 7) is 9.17. The molecule has 0 bridgehead atoms. The zero-order valence-corrected chi connectivity index (χ0v) is 12.5. The second kappa shape index (κ2) is 4.90. The van der Waals surface area contributed by atoms with Gasteiger partial charge in [-0.25, -0.2) is 0 Å².